The Balaban J connectivity index is 1.35. The highest BCUT2D eigenvalue weighted by Crippen LogP contribution is 2.39. The van der Waals surface area contributed by atoms with Crippen LogP contribution in [0.1, 0.15) is 55.3 Å². The third-order valence-corrected chi connectivity index (χ3v) is 7.61. The molecule has 1 aliphatic heterocycles. The van der Waals surface area contributed by atoms with E-state index in [4.69, 9.17) is 4.74 Å². The van der Waals surface area contributed by atoms with Gasteiger partial charge in [0.05, 0.1) is 11.3 Å². The van der Waals surface area contributed by atoms with Gasteiger partial charge in [-0.3, -0.25) is 14.4 Å². The van der Waals surface area contributed by atoms with Crippen LogP contribution in [0.2, 0.25) is 0 Å². The van der Waals surface area contributed by atoms with Crippen molar-refractivity contribution in [3.8, 4) is 0 Å². The lowest BCUT2D eigenvalue weighted by molar-refractivity contribution is -0.147. The zero-order valence-electron chi connectivity index (χ0n) is 15.8. The van der Waals surface area contributed by atoms with Crippen LogP contribution in [-0.4, -0.2) is 41.4 Å². The van der Waals surface area contributed by atoms with Crippen molar-refractivity contribution < 1.29 is 19.1 Å². The van der Waals surface area contributed by atoms with Gasteiger partial charge in [0.15, 0.2) is 6.61 Å². The lowest BCUT2D eigenvalue weighted by Gasteiger charge is -2.11. The second-order valence-electron chi connectivity index (χ2n) is 7.08. The van der Waals surface area contributed by atoms with Crippen molar-refractivity contribution >= 4 is 45.1 Å². The molecule has 2 fully saturated rings. The number of rotatable bonds is 10. The molecule has 0 bridgehead atoms. The summed E-state index contributed by atoms with van der Waals surface area (Å²) in [4.78, 5) is 36.2. The molecule has 1 aromatic carbocycles. The van der Waals surface area contributed by atoms with Crippen LogP contribution in [-0.2, 0) is 14.3 Å². The van der Waals surface area contributed by atoms with Gasteiger partial charge in [0.25, 0.3) is 11.8 Å². The van der Waals surface area contributed by atoms with Crippen molar-refractivity contribution in [2.75, 3.05) is 17.7 Å². The topological polar surface area (TPSA) is 84.5 Å². The standard InChI is InChI=1S/C20H26N2O4S2/c23-18(13-26-19(24)8-4-1-5-15-11-12-27-28-15)22-17-7-3-2-6-16(17)20(25)21-14-9-10-14/h2-3,6-7,14-15H,1,4-5,8-13H2,(H,21,25)(H,22,23)/t15-/m0/s1. The fourth-order valence-corrected chi connectivity index (χ4v) is 5.92. The Kier molecular flexibility index (Phi) is 8.09. The number of hydrogen-bond acceptors (Lipinski definition) is 6. The molecule has 28 heavy (non-hydrogen) atoms. The number of esters is 1. The van der Waals surface area contributed by atoms with Crippen LogP contribution in [0, 0.1) is 0 Å². The molecule has 2 N–H and O–H groups in total. The van der Waals surface area contributed by atoms with Gasteiger partial charge in [-0.2, -0.15) is 0 Å². The number of amides is 2. The molecule has 1 saturated carbocycles. The van der Waals surface area contributed by atoms with Crippen LogP contribution >= 0.6 is 21.6 Å². The van der Waals surface area contributed by atoms with Gasteiger partial charge in [0.1, 0.15) is 0 Å². The van der Waals surface area contributed by atoms with E-state index in [1.165, 1.54) is 12.2 Å². The molecule has 1 aromatic rings. The first kappa shape index (κ1) is 21.0. The first-order chi connectivity index (χ1) is 13.6. The third-order valence-electron chi connectivity index (χ3n) is 4.61. The number of hydrogen-bond donors (Lipinski definition) is 2. The number of unbranched alkanes of at least 4 members (excludes halogenated alkanes) is 1. The molecular weight excluding hydrogens is 396 g/mol. The monoisotopic (exact) mass is 422 g/mol. The summed E-state index contributed by atoms with van der Waals surface area (Å²) in [6.07, 6.45) is 6.49. The number of nitrogens with one attached hydrogen (secondary N) is 2. The molecular formula is C20H26N2O4S2. The highest BCUT2D eigenvalue weighted by molar-refractivity contribution is 8.77. The second kappa shape index (κ2) is 10.8. The number of carbonyl (C=O) groups excluding carboxylic acids is 3. The molecule has 3 rings (SSSR count). The maximum absolute atomic E-state index is 12.3. The zero-order chi connectivity index (χ0) is 19.8. The van der Waals surface area contributed by atoms with E-state index in [1.807, 2.05) is 21.6 Å². The highest BCUT2D eigenvalue weighted by Gasteiger charge is 2.25. The summed E-state index contributed by atoms with van der Waals surface area (Å²) >= 11 is 0. The van der Waals surface area contributed by atoms with Crippen molar-refractivity contribution in [2.45, 2.75) is 56.2 Å². The van der Waals surface area contributed by atoms with E-state index in [0.717, 1.165) is 32.1 Å². The number of carbonyl (C=O) groups is 3. The maximum Gasteiger partial charge on any atom is 0.306 e. The highest BCUT2D eigenvalue weighted by atomic mass is 33.1. The van der Waals surface area contributed by atoms with Gasteiger partial charge >= 0.3 is 5.97 Å². The smallest absolute Gasteiger partial charge is 0.306 e. The van der Waals surface area contributed by atoms with E-state index in [1.54, 1.807) is 24.3 Å². The predicted octanol–water partition coefficient (Wildman–Crippen LogP) is 3.77. The molecule has 0 radical (unpaired) electrons. The van der Waals surface area contributed by atoms with Crippen LogP contribution in [0.25, 0.3) is 0 Å². The Morgan fingerprint density at radius 3 is 2.68 bits per heavy atom. The van der Waals surface area contributed by atoms with Crippen molar-refractivity contribution in [3.05, 3.63) is 29.8 Å². The summed E-state index contributed by atoms with van der Waals surface area (Å²) < 4.78 is 5.06. The van der Waals surface area contributed by atoms with Crippen molar-refractivity contribution in [3.63, 3.8) is 0 Å². The fourth-order valence-electron chi connectivity index (χ4n) is 2.89. The molecule has 1 saturated heterocycles. The summed E-state index contributed by atoms with van der Waals surface area (Å²) in [6.45, 7) is -0.341. The Bertz CT molecular complexity index is 703. The van der Waals surface area contributed by atoms with E-state index >= 15 is 0 Å². The van der Waals surface area contributed by atoms with Crippen molar-refractivity contribution in [2.24, 2.45) is 0 Å². The second-order valence-corrected chi connectivity index (χ2v) is 9.86. The first-order valence-corrected chi connectivity index (χ1v) is 12.1. The summed E-state index contributed by atoms with van der Waals surface area (Å²) in [5.74, 6) is 0.217. The number of ether oxygens (including phenoxy) is 1. The molecule has 0 aromatic heterocycles. The summed E-state index contributed by atoms with van der Waals surface area (Å²) in [5.41, 5.74) is 0.839. The van der Waals surface area contributed by atoms with Crippen molar-refractivity contribution in [1.29, 1.82) is 0 Å². The van der Waals surface area contributed by atoms with Gasteiger partial charge in [-0.05, 0) is 44.2 Å². The fraction of sp³-hybridized carbons (Fsp3) is 0.550. The SMILES string of the molecule is O=C(COC(=O)CCCC[C@H]1CCSS1)Nc1ccccc1C(=O)NC1CC1. The summed E-state index contributed by atoms with van der Waals surface area (Å²) in [7, 11) is 3.87. The predicted molar refractivity (Wildman–Crippen MR) is 113 cm³/mol. The normalized spacial score (nSPS) is 18.5. The maximum atomic E-state index is 12.3. The van der Waals surface area contributed by atoms with Crippen LogP contribution in [0.5, 0.6) is 0 Å². The van der Waals surface area contributed by atoms with Crippen LogP contribution in [0.3, 0.4) is 0 Å². The summed E-state index contributed by atoms with van der Waals surface area (Å²) in [5, 5.41) is 6.28. The van der Waals surface area contributed by atoms with E-state index in [0.29, 0.717) is 22.9 Å². The molecule has 8 heteroatoms. The van der Waals surface area contributed by atoms with E-state index < -0.39 is 5.91 Å². The van der Waals surface area contributed by atoms with Crippen LogP contribution < -0.4 is 10.6 Å². The lowest BCUT2D eigenvalue weighted by atomic mass is 10.1. The average Bonchev–Trinajstić information content (AvgIpc) is 3.35. The molecule has 6 nitrogen and oxygen atoms in total. The minimum Gasteiger partial charge on any atom is -0.456 e. The average molecular weight is 423 g/mol. The molecule has 152 valence electrons. The number of para-hydroxylation sites is 1. The molecule has 1 atom stereocenters. The van der Waals surface area contributed by atoms with E-state index in [2.05, 4.69) is 10.6 Å². The molecule has 0 spiro atoms. The van der Waals surface area contributed by atoms with E-state index in [9.17, 15) is 14.4 Å². The van der Waals surface area contributed by atoms with E-state index in [-0.39, 0.29) is 24.5 Å². The Hall–Kier alpha value is -1.67. The Morgan fingerprint density at radius 2 is 1.93 bits per heavy atom. The van der Waals surface area contributed by atoms with Gasteiger partial charge in [0.2, 0.25) is 0 Å². The summed E-state index contributed by atoms with van der Waals surface area (Å²) in [6, 6.07) is 7.07. The van der Waals surface area contributed by atoms with Gasteiger partial charge in [-0.25, -0.2) is 0 Å². The van der Waals surface area contributed by atoms with Gasteiger partial charge in [0, 0.05) is 23.5 Å². The quantitative estimate of drug-likeness (QED) is 0.339. The van der Waals surface area contributed by atoms with Gasteiger partial charge < -0.3 is 15.4 Å². The third kappa shape index (κ3) is 7.05. The Labute approximate surface area is 173 Å². The lowest BCUT2D eigenvalue weighted by Crippen LogP contribution is -2.27. The minimum absolute atomic E-state index is 0.200. The number of anilines is 1. The molecule has 1 aliphatic carbocycles. The van der Waals surface area contributed by atoms with Crippen LogP contribution in [0.15, 0.2) is 24.3 Å². The zero-order valence-corrected chi connectivity index (χ0v) is 17.4. The van der Waals surface area contributed by atoms with Crippen molar-refractivity contribution in [1.82, 2.24) is 5.32 Å². The largest absolute Gasteiger partial charge is 0.456 e. The first-order valence-electron chi connectivity index (χ1n) is 9.75. The van der Waals surface area contributed by atoms with Gasteiger partial charge in [-0.15, -0.1) is 0 Å². The van der Waals surface area contributed by atoms with Crippen LogP contribution in [0.4, 0.5) is 5.69 Å². The molecule has 1 heterocycles. The minimum atomic E-state index is -0.445. The Morgan fingerprint density at radius 1 is 1.11 bits per heavy atom. The molecule has 2 amide bonds. The molecule has 0 unspecified atom stereocenters. The number of benzene rings is 1. The molecule has 2 aliphatic rings. The van der Waals surface area contributed by atoms with Gasteiger partial charge in [-0.1, -0.05) is 40.1 Å².